The molecular weight excluding hydrogens is 324 g/mol. The Hall–Kier alpha value is -1.61. The van der Waals surface area contributed by atoms with Gasteiger partial charge in [-0.15, -0.1) is 0 Å². The lowest BCUT2D eigenvalue weighted by Gasteiger charge is -2.51. The summed E-state index contributed by atoms with van der Waals surface area (Å²) >= 11 is 0. The first-order valence-electron chi connectivity index (χ1n) is 10.4. The molecule has 3 aliphatic carbocycles. The summed E-state index contributed by atoms with van der Waals surface area (Å²) in [5.74, 6) is 3.26. The molecule has 5 unspecified atom stereocenters. The van der Waals surface area contributed by atoms with Crippen molar-refractivity contribution in [2.75, 3.05) is 6.61 Å². The van der Waals surface area contributed by atoms with Crippen LogP contribution in [0.3, 0.4) is 0 Å². The summed E-state index contributed by atoms with van der Waals surface area (Å²) in [6.45, 7) is 0.842. The summed E-state index contributed by atoms with van der Waals surface area (Å²) in [7, 11) is 0. The molecule has 26 heavy (non-hydrogen) atoms. The molecule has 0 radical (unpaired) electrons. The van der Waals surface area contributed by atoms with E-state index < -0.39 is 0 Å². The number of benzene rings is 1. The van der Waals surface area contributed by atoms with Gasteiger partial charge in [-0.2, -0.15) is 0 Å². The minimum absolute atomic E-state index is 0.183. The SMILES string of the molecule is O=C(O/C1=C2\CCCC(CCC3CCC4OCC4C13)C2)c1ccccc1. The standard InChI is InChI=1S/C23H28O3/c24-23(17-6-2-1-3-7-17)26-22-18-8-4-5-15(13-18)9-10-16-11-12-20-19(14-25-20)21(16)22/h1-3,6-7,15-16,19-21H,4-5,8-14H2/b22-18+. The van der Waals surface area contributed by atoms with Crippen LogP contribution in [-0.4, -0.2) is 18.7 Å². The molecule has 1 heterocycles. The van der Waals surface area contributed by atoms with Gasteiger partial charge in [-0.25, -0.2) is 4.79 Å². The van der Waals surface area contributed by atoms with Crippen LogP contribution in [-0.2, 0) is 9.47 Å². The van der Waals surface area contributed by atoms with Crippen LogP contribution < -0.4 is 0 Å². The van der Waals surface area contributed by atoms with Crippen LogP contribution >= 0.6 is 0 Å². The third-order valence-corrected chi connectivity index (χ3v) is 7.21. The molecule has 1 aromatic carbocycles. The second kappa shape index (κ2) is 6.84. The summed E-state index contributed by atoms with van der Waals surface area (Å²) in [5, 5.41) is 0. The van der Waals surface area contributed by atoms with E-state index in [0.29, 0.717) is 29.4 Å². The van der Waals surface area contributed by atoms with E-state index in [1.807, 2.05) is 30.3 Å². The maximum absolute atomic E-state index is 12.9. The molecule has 0 spiro atoms. The molecule has 5 rings (SSSR count). The predicted molar refractivity (Wildman–Crippen MR) is 99.5 cm³/mol. The lowest BCUT2D eigenvalue weighted by molar-refractivity contribution is -0.171. The second-order valence-corrected chi connectivity index (χ2v) is 8.66. The van der Waals surface area contributed by atoms with Gasteiger partial charge in [-0.3, -0.25) is 0 Å². The highest BCUT2D eigenvalue weighted by atomic mass is 16.5. The van der Waals surface area contributed by atoms with E-state index in [0.717, 1.165) is 31.1 Å². The van der Waals surface area contributed by atoms with Gasteiger partial charge in [0, 0.05) is 11.8 Å². The lowest BCUT2D eigenvalue weighted by atomic mass is 9.62. The van der Waals surface area contributed by atoms with E-state index >= 15 is 0 Å². The minimum atomic E-state index is -0.183. The second-order valence-electron chi connectivity index (χ2n) is 8.66. The molecule has 3 fully saturated rings. The van der Waals surface area contributed by atoms with Gasteiger partial charge in [0.25, 0.3) is 0 Å². The molecule has 1 aromatic rings. The fraction of sp³-hybridized carbons (Fsp3) is 0.609. The van der Waals surface area contributed by atoms with Gasteiger partial charge in [-0.1, -0.05) is 18.2 Å². The Bertz CT molecular complexity index is 707. The zero-order chi connectivity index (χ0) is 17.5. The molecule has 0 aromatic heterocycles. The van der Waals surface area contributed by atoms with Crippen molar-refractivity contribution in [3.63, 3.8) is 0 Å². The number of hydrogen-bond acceptors (Lipinski definition) is 3. The monoisotopic (exact) mass is 352 g/mol. The molecule has 138 valence electrons. The van der Waals surface area contributed by atoms with Crippen molar-refractivity contribution in [2.24, 2.45) is 23.7 Å². The predicted octanol–water partition coefficient (Wildman–Crippen LogP) is 5.12. The minimum Gasteiger partial charge on any atom is -0.427 e. The first-order chi connectivity index (χ1) is 12.8. The Kier molecular flexibility index (Phi) is 4.36. The number of esters is 1. The number of fused-ring (bicyclic) bond motifs is 5. The van der Waals surface area contributed by atoms with Gasteiger partial charge in [0.15, 0.2) is 0 Å². The van der Waals surface area contributed by atoms with Crippen LogP contribution in [0.5, 0.6) is 0 Å². The van der Waals surface area contributed by atoms with Crippen LogP contribution in [0.2, 0.25) is 0 Å². The van der Waals surface area contributed by atoms with E-state index in [4.69, 9.17) is 9.47 Å². The van der Waals surface area contributed by atoms with Crippen molar-refractivity contribution < 1.29 is 14.3 Å². The zero-order valence-electron chi connectivity index (χ0n) is 15.4. The number of hydrogen-bond donors (Lipinski definition) is 0. The average molecular weight is 352 g/mol. The largest absolute Gasteiger partial charge is 0.427 e. The molecule has 2 bridgehead atoms. The Morgan fingerprint density at radius 3 is 2.69 bits per heavy atom. The number of ether oxygens (including phenoxy) is 2. The molecular formula is C23H28O3. The van der Waals surface area contributed by atoms with Crippen molar-refractivity contribution in [3.8, 4) is 0 Å². The maximum atomic E-state index is 12.9. The van der Waals surface area contributed by atoms with Crippen LogP contribution in [0, 0.1) is 23.7 Å². The fourth-order valence-corrected chi connectivity index (χ4v) is 5.80. The van der Waals surface area contributed by atoms with Gasteiger partial charge in [0.05, 0.1) is 18.3 Å². The van der Waals surface area contributed by atoms with E-state index in [1.165, 1.54) is 44.1 Å². The topological polar surface area (TPSA) is 35.5 Å². The number of rotatable bonds is 2. The van der Waals surface area contributed by atoms with Gasteiger partial charge in [0.2, 0.25) is 0 Å². The fourth-order valence-electron chi connectivity index (χ4n) is 5.80. The van der Waals surface area contributed by atoms with Gasteiger partial charge < -0.3 is 9.47 Å². The van der Waals surface area contributed by atoms with Crippen molar-refractivity contribution in [1.29, 1.82) is 0 Å². The van der Waals surface area contributed by atoms with Crippen molar-refractivity contribution in [2.45, 2.75) is 57.5 Å². The van der Waals surface area contributed by atoms with Crippen LogP contribution in [0.1, 0.15) is 61.7 Å². The Balaban J connectivity index is 1.50. The van der Waals surface area contributed by atoms with Crippen molar-refractivity contribution in [3.05, 3.63) is 47.2 Å². The van der Waals surface area contributed by atoms with E-state index in [9.17, 15) is 4.79 Å². The molecule has 3 heteroatoms. The third kappa shape index (κ3) is 2.90. The third-order valence-electron chi connectivity index (χ3n) is 7.21. The molecule has 0 N–H and O–H groups in total. The smallest absolute Gasteiger partial charge is 0.343 e. The lowest BCUT2D eigenvalue weighted by Crippen LogP contribution is -2.51. The summed E-state index contributed by atoms with van der Waals surface area (Å²) in [4.78, 5) is 12.9. The van der Waals surface area contributed by atoms with Gasteiger partial charge in [0.1, 0.15) is 5.76 Å². The highest BCUT2D eigenvalue weighted by Crippen LogP contribution is 2.52. The number of carbonyl (C=O) groups excluding carboxylic acids is 1. The summed E-state index contributed by atoms with van der Waals surface area (Å²) in [5.41, 5.74) is 2.09. The first-order valence-corrected chi connectivity index (χ1v) is 10.4. The van der Waals surface area contributed by atoms with Crippen molar-refractivity contribution >= 4 is 5.97 Å². The molecule has 3 nitrogen and oxygen atoms in total. The summed E-state index contributed by atoms with van der Waals surface area (Å²) < 4.78 is 12.0. The van der Waals surface area contributed by atoms with Crippen LogP contribution in [0.15, 0.2) is 41.7 Å². The first kappa shape index (κ1) is 16.6. The highest BCUT2D eigenvalue weighted by molar-refractivity contribution is 5.90. The molecule has 5 atom stereocenters. The number of carbonyl (C=O) groups is 1. The maximum Gasteiger partial charge on any atom is 0.343 e. The van der Waals surface area contributed by atoms with E-state index in [-0.39, 0.29) is 5.97 Å². The summed E-state index contributed by atoms with van der Waals surface area (Å²) in [6.07, 6.45) is 10.3. The normalized spacial score (nSPS) is 38.8. The molecule has 4 aliphatic rings. The zero-order valence-corrected chi connectivity index (χ0v) is 15.4. The molecule has 1 saturated heterocycles. The van der Waals surface area contributed by atoms with Crippen LogP contribution in [0.4, 0.5) is 0 Å². The Morgan fingerprint density at radius 1 is 1.04 bits per heavy atom. The Labute approximate surface area is 155 Å². The van der Waals surface area contributed by atoms with Gasteiger partial charge in [-0.05, 0) is 80.9 Å². The van der Waals surface area contributed by atoms with E-state index in [1.54, 1.807) is 0 Å². The highest BCUT2D eigenvalue weighted by Gasteiger charge is 2.49. The van der Waals surface area contributed by atoms with E-state index in [2.05, 4.69) is 0 Å². The van der Waals surface area contributed by atoms with Crippen molar-refractivity contribution in [1.82, 2.24) is 0 Å². The molecule has 2 saturated carbocycles. The number of allylic oxidation sites excluding steroid dienone is 2. The quantitative estimate of drug-likeness (QED) is 0.693. The molecule has 0 amide bonds. The summed E-state index contributed by atoms with van der Waals surface area (Å²) in [6, 6.07) is 9.46. The average Bonchev–Trinajstić information content (AvgIpc) is 2.66. The molecule has 1 aliphatic heterocycles. The van der Waals surface area contributed by atoms with Gasteiger partial charge >= 0.3 is 5.97 Å². The van der Waals surface area contributed by atoms with Crippen LogP contribution in [0.25, 0.3) is 0 Å². The Morgan fingerprint density at radius 2 is 1.88 bits per heavy atom.